The van der Waals surface area contributed by atoms with Gasteiger partial charge in [0.05, 0.1) is 30.4 Å². The summed E-state index contributed by atoms with van der Waals surface area (Å²) >= 11 is 1.59. The summed E-state index contributed by atoms with van der Waals surface area (Å²) < 4.78 is 46.6. The lowest BCUT2D eigenvalue weighted by Gasteiger charge is -2.07. The highest BCUT2D eigenvalue weighted by atomic mass is 32.2. The van der Waals surface area contributed by atoms with Crippen LogP contribution in [-0.4, -0.2) is 32.9 Å². The second kappa shape index (κ2) is 9.46. The third-order valence-electron chi connectivity index (χ3n) is 4.49. The minimum absolute atomic E-state index is 0.241. The van der Waals surface area contributed by atoms with Crippen molar-refractivity contribution in [3.63, 3.8) is 0 Å². The monoisotopic (exact) mass is 448 g/mol. The number of hydrogen-bond donors (Lipinski definition) is 1. The summed E-state index contributed by atoms with van der Waals surface area (Å²) in [4.78, 5) is 0. The molecule has 7 nitrogen and oxygen atoms in total. The Morgan fingerprint density at radius 3 is 2.43 bits per heavy atom. The lowest BCUT2D eigenvalue weighted by molar-refractivity contribution is -0.668. The van der Waals surface area contributed by atoms with E-state index in [1.165, 1.54) is 0 Å². The molecule has 0 aliphatic carbocycles. The van der Waals surface area contributed by atoms with Crippen molar-refractivity contribution in [1.29, 1.82) is 0 Å². The fourth-order valence-electron chi connectivity index (χ4n) is 3.07. The van der Waals surface area contributed by atoms with Gasteiger partial charge in [-0.1, -0.05) is 11.3 Å². The van der Waals surface area contributed by atoms with Gasteiger partial charge < -0.3 is 19.3 Å². The molecule has 30 heavy (non-hydrogen) atoms. The summed E-state index contributed by atoms with van der Waals surface area (Å²) in [6, 6.07) is 13.4. The zero-order chi connectivity index (χ0) is 21.7. The smallest absolute Gasteiger partial charge is 0.264 e. The van der Waals surface area contributed by atoms with Gasteiger partial charge in [-0.2, -0.15) is 4.57 Å². The maximum Gasteiger partial charge on any atom is 0.264 e. The Balaban J connectivity index is 1.91. The van der Waals surface area contributed by atoms with Gasteiger partial charge in [-0.15, -0.1) is 0 Å². The molecule has 0 atom stereocenters. The molecule has 3 aromatic rings. The molecule has 0 saturated carbocycles. The van der Waals surface area contributed by atoms with Crippen LogP contribution < -0.4 is 19.4 Å². The van der Waals surface area contributed by atoms with E-state index in [0.717, 1.165) is 32.4 Å². The summed E-state index contributed by atoms with van der Waals surface area (Å²) in [6.07, 6.45) is 2.25. The van der Waals surface area contributed by atoms with Gasteiger partial charge in [0.15, 0.2) is 6.54 Å². The molecule has 0 saturated heterocycles. The van der Waals surface area contributed by atoms with E-state index in [4.69, 9.17) is 9.47 Å². The van der Waals surface area contributed by atoms with Gasteiger partial charge >= 0.3 is 0 Å². The molecule has 2 aromatic carbocycles. The van der Waals surface area contributed by atoms with Crippen molar-refractivity contribution < 1.29 is 27.0 Å². The number of benzene rings is 2. The molecule has 0 aliphatic heterocycles. The number of rotatable bonds is 9. The molecule has 9 heteroatoms. The number of nitrogens with one attached hydrogen (secondary N) is 1. The topological polar surface area (TPSA) is 91.6 Å². The maximum atomic E-state index is 11.0. The highest BCUT2D eigenvalue weighted by Crippen LogP contribution is 2.26. The molecule has 0 aliphatic rings. The van der Waals surface area contributed by atoms with Crippen LogP contribution in [0.1, 0.15) is 18.4 Å². The first-order valence-electron chi connectivity index (χ1n) is 9.32. The van der Waals surface area contributed by atoms with E-state index in [-0.39, 0.29) is 6.42 Å². The van der Waals surface area contributed by atoms with E-state index in [0.29, 0.717) is 12.3 Å². The third kappa shape index (κ3) is 5.71. The van der Waals surface area contributed by atoms with Gasteiger partial charge in [-0.25, -0.2) is 8.42 Å². The second-order valence-electron chi connectivity index (χ2n) is 6.72. The Morgan fingerprint density at radius 1 is 1.13 bits per heavy atom. The average Bonchev–Trinajstić information content (AvgIpc) is 3.03. The number of ether oxygens (including phenoxy) is 2. The number of allylic oxidation sites excluding steroid dienone is 1. The molecule has 0 unspecified atom stereocenters. The summed E-state index contributed by atoms with van der Waals surface area (Å²) in [6.45, 7) is 2.37. The molecule has 0 bridgehead atoms. The van der Waals surface area contributed by atoms with Crippen LogP contribution in [0.15, 0.2) is 48.2 Å². The van der Waals surface area contributed by atoms with E-state index >= 15 is 0 Å². The first-order chi connectivity index (χ1) is 14.3. The fraction of sp³-hybridized carbons (Fsp3) is 0.286. The predicted octanol–water partition coefficient (Wildman–Crippen LogP) is 3.61. The zero-order valence-electron chi connectivity index (χ0n) is 17.0. The van der Waals surface area contributed by atoms with Crippen LogP contribution in [0.3, 0.4) is 0 Å². The number of fused-ring (bicyclic) bond motifs is 1. The van der Waals surface area contributed by atoms with Gasteiger partial charge in [0.25, 0.3) is 5.01 Å². The van der Waals surface area contributed by atoms with Gasteiger partial charge in [-0.3, -0.25) is 0 Å². The van der Waals surface area contributed by atoms with Crippen molar-refractivity contribution >= 4 is 43.4 Å². The van der Waals surface area contributed by atoms with Crippen molar-refractivity contribution in [2.24, 2.45) is 0 Å². The van der Waals surface area contributed by atoms with E-state index in [2.05, 4.69) is 5.32 Å². The summed E-state index contributed by atoms with van der Waals surface area (Å²) in [5.41, 5.74) is 2.78. The van der Waals surface area contributed by atoms with Crippen molar-refractivity contribution in [3.05, 3.63) is 53.2 Å². The largest absolute Gasteiger partial charge is 0.748 e. The van der Waals surface area contributed by atoms with Crippen molar-refractivity contribution in [2.45, 2.75) is 19.9 Å². The first kappa shape index (κ1) is 22.1. The molecule has 0 spiro atoms. The SMILES string of the molecule is COc1ccc(N/C(C)=C\c2sc3ccc(OC)cc3[n+]2CCCS(=O)(=O)[O-])cc1. The predicted molar refractivity (Wildman–Crippen MR) is 118 cm³/mol. The molecule has 0 fully saturated rings. The van der Waals surface area contributed by atoms with Crippen LogP contribution in [0.5, 0.6) is 11.5 Å². The molecule has 0 radical (unpaired) electrons. The minimum atomic E-state index is -4.25. The first-order valence-corrected chi connectivity index (χ1v) is 11.7. The van der Waals surface area contributed by atoms with Crippen LogP contribution in [0.25, 0.3) is 16.3 Å². The average molecular weight is 449 g/mol. The standard InChI is InChI=1S/C21H24N2O5S2/c1-15(22-16-5-7-17(27-2)8-6-16)13-21-23(11-4-12-30(24,25)26)19-14-18(28-3)9-10-20(19)29-21/h5-10,13-14H,4,11-12H2,1-3H3,(H,24,25,26). The quantitative estimate of drug-likeness (QED) is 0.397. The van der Waals surface area contributed by atoms with Crippen molar-refractivity contribution in [1.82, 2.24) is 0 Å². The van der Waals surface area contributed by atoms with Gasteiger partial charge in [-0.05, 0) is 43.3 Å². The number of thiazole rings is 1. The Morgan fingerprint density at radius 2 is 1.80 bits per heavy atom. The van der Waals surface area contributed by atoms with E-state index in [1.54, 1.807) is 25.6 Å². The number of nitrogens with zero attached hydrogens (tertiary/aromatic N) is 1. The highest BCUT2D eigenvalue weighted by Gasteiger charge is 2.20. The normalized spacial score (nSPS) is 12.2. The van der Waals surface area contributed by atoms with Gasteiger partial charge in [0.1, 0.15) is 16.2 Å². The lowest BCUT2D eigenvalue weighted by Crippen LogP contribution is -2.36. The zero-order valence-corrected chi connectivity index (χ0v) is 18.7. The molecule has 3 rings (SSSR count). The number of anilines is 1. The van der Waals surface area contributed by atoms with Crippen molar-refractivity contribution in [3.8, 4) is 11.5 Å². The molecule has 1 aromatic heterocycles. The highest BCUT2D eigenvalue weighted by molar-refractivity contribution is 7.85. The minimum Gasteiger partial charge on any atom is -0.748 e. The van der Waals surface area contributed by atoms with Crippen LogP contribution in [-0.2, 0) is 16.7 Å². The number of methoxy groups -OCH3 is 2. The second-order valence-corrected chi connectivity index (χ2v) is 9.31. The Bertz CT molecular complexity index is 1150. The Hall–Kier alpha value is -2.62. The number of aryl methyl sites for hydroxylation is 1. The summed E-state index contributed by atoms with van der Waals surface area (Å²) in [5, 5.41) is 4.29. The van der Waals surface area contributed by atoms with E-state index < -0.39 is 15.9 Å². The molecular weight excluding hydrogens is 424 g/mol. The molecular formula is C21H24N2O5S2. The Labute approximate surface area is 180 Å². The maximum absolute atomic E-state index is 11.0. The van der Waals surface area contributed by atoms with Crippen LogP contribution in [0, 0.1) is 0 Å². The fourth-order valence-corrected chi connectivity index (χ4v) is 4.72. The van der Waals surface area contributed by atoms with E-state index in [9.17, 15) is 13.0 Å². The summed E-state index contributed by atoms with van der Waals surface area (Å²) in [5.74, 6) is 1.11. The number of hydrogen-bond acceptors (Lipinski definition) is 7. The molecule has 1 heterocycles. The lowest BCUT2D eigenvalue weighted by atomic mass is 10.3. The molecule has 1 N–H and O–H groups in total. The van der Waals surface area contributed by atoms with Gasteiger partial charge in [0, 0.05) is 29.6 Å². The van der Waals surface area contributed by atoms with Crippen molar-refractivity contribution in [2.75, 3.05) is 25.3 Å². The molecule has 0 amide bonds. The summed E-state index contributed by atoms with van der Waals surface area (Å²) in [7, 11) is -1.02. The van der Waals surface area contributed by atoms with Gasteiger partial charge in [0.2, 0.25) is 5.52 Å². The molecule has 160 valence electrons. The third-order valence-corrected chi connectivity index (χ3v) is 6.39. The van der Waals surface area contributed by atoms with Crippen LogP contribution in [0.2, 0.25) is 0 Å². The van der Waals surface area contributed by atoms with Crippen LogP contribution >= 0.6 is 11.3 Å². The van der Waals surface area contributed by atoms with Crippen LogP contribution in [0.4, 0.5) is 5.69 Å². The van der Waals surface area contributed by atoms with E-state index in [1.807, 2.05) is 60.0 Å². The number of aromatic nitrogens is 1. The Kier molecular flexibility index (Phi) is 6.96.